The molecule has 106 valence electrons. The molecule has 0 aliphatic rings. The van der Waals surface area contributed by atoms with Crippen LogP contribution in [-0.4, -0.2) is 54.2 Å². The van der Waals surface area contributed by atoms with Gasteiger partial charge >= 0.3 is 12.0 Å². The van der Waals surface area contributed by atoms with Gasteiger partial charge in [0.25, 0.3) is 0 Å². The molecule has 6 heteroatoms. The number of carboxylic acid groups (broad SMARTS) is 1. The van der Waals surface area contributed by atoms with Crippen LogP contribution >= 0.6 is 0 Å². The molecule has 0 radical (unpaired) electrons. The lowest BCUT2D eigenvalue weighted by Gasteiger charge is -2.27. The second kappa shape index (κ2) is 7.20. The van der Waals surface area contributed by atoms with Crippen LogP contribution in [0.1, 0.15) is 33.6 Å². The summed E-state index contributed by atoms with van der Waals surface area (Å²) in [6, 6.07) is -0.0167. The van der Waals surface area contributed by atoms with E-state index in [1.165, 1.54) is 0 Å². The second-order valence-corrected chi connectivity index (χ2v) is 5.43. The number of nitrogens with one attached hydrogen (secondary N) is 2. The van der Waals surface area contributed by atoms with Crippen LogP contribution in [0.15, 0.2) is 0 Å². The summed E-state index contributed by atoms with van der Waals surface area (Å²) in [5.74, 6) is -0.855. The molecule has 0 rings (SSSR count). The first-order valence-corrected chi connectivity index (χ1v) is 6.08. The summed E-state index contributed by atoms with van der Waals surface area (Å²) < 4.78 is 0. The highest BCUT2D eigenvalue weighted by Crippen LogP contribution is 2.10. The van der Waals surface area contributed by atoms with Gasteiger partial charge in [-0.15, -0.1) is 0 Å². The fraction of sp³-hybridized carbons (Fsp3) is 0.833. The highest BCUT2D eigenvalue weighted by atomic mass is 16.4. The highest BCUT2D eigenvalue weighted by molar-refractivity contribution is 5.75. The van der Waals surface area contributed by atoms with Crippen LogP contribution in [0.4, 0.5) is 4.79 Å². The Hall–Kier alpha value is -1.30. The van der Waals surface area contributed by atoms with Crippen molar-refractivity contribution in [3.63, 3.8) is 0 Å². The van der Waals surface area contributed by atoms with Crippen molar-refractivity contribution in [3.8, 4) is 0 Å². The second-order valence-electron chi connectivity index (χ2n) is 5.43. The largest absolute Gasteiger partial charge is 0.481 e. The van der Waals surface area contributed by atoms with E-state index in [0.29, 0.717) is 13.0 Å². The molecule has 6 nitrogen and oxygen atoms in total. The molecule has 0 heterocycles. The van der Waals surface area contributed by atoms with Crippen molar-refractivity contribution in [1.82, 2.24) is 15.5 Å². The summed E-state index contributed by atoms with van der Waals surface area (Å²) in [6.07, 6.45) is 0.445. The molecule has 0 fully saturated rings. The molecule has 0 bridgehead atoms. The van der Waals surface area contributed by atoms with Crippen molar-refractivity contribution in [3.05, 3.63) is 0 Å². The summed E-state index contributed by atoms with van der Waals surface area (Å²) in [5, 5.41) is 14.2. The number of hydrogen-bond donors (Lipinski definition) is 3. The minimum atomic E-state index is -0.855. The maximum atomic E-state index is 11.6. The Balaban J connectivity index is 4.02. The van der Waals surface area contributed by atoms with E-state index in [1.807, 2.05) is 39.8 Å². The Labute approximate surface area is 109 Å². The topological polar surface area (TPSA) is 81.7 Å². The Morgan fingerprint density at radius 1 is 1.33 bits per heavy atom. The van der Waals surface area contributed by atoms with Gasteiger partial charge in [-0.05, 0) is 41.3 Å². The van der Waals surface area contributed by atoms with Gasteiger partial charge in [-0.1, -0.05) is 0 Å². The monoisotopic (exact) mass is 259 g/mol. The van der Waals surface area contributed by atoms with E-state index < -0.39 is 11.5 Å². The van der Waals surface area contributed by atoms with Gasteiger partial charge in [0.1, 0.15) is 0 Å². The lowest BCUT2D eigenvalue weighted by atomic mass is 9.99. The lowest BCUT2D eigenvalue weighted by Crippen LogP contribution is -2.50. The molecule has 18 heavy (non-hydrogen) atoms. The van der Waals surface area contributed by atoms with E-state index >= 15 is 0 Å². The number of hydrogen-bond acceptors (Lipinski definition) is 3. The Kier molecular flexibility index (Phi) is 6.68. The number of carbonyl (C=O) groups excluding carboxylic acids is 1. The Morgan fingerprint density at radius 2 is 1.89 bits per heavy atom. The van der Waals surface area contributed by atoms with Crippen molar-refractivity contribution in [1.29, 1.82) is 0 Å². The molecule has 1 atom stereocenters. The molecule has 0 saturated carbocycles. The average Bonchev–Trinajstić information content (AvgIpc) is 2.22. The van der Waals surface area contributed by atoms with Gasteiger partial charge in [-0.25, -0.2) is 4.79 Å². The quantitative estimate of drug-likeness (QED) is 0.634. The van der Waals surface area contributed by atoms with E-state index in [1.54, 1.807) is 0 Å². The third-order valence-electron chi connectivity index (χ3n) is 2.86. The maximum Gasteiger partial charge on any atom is 0.315 e. The smallest absolute Gasteiger partial charge is 0.315 e. The van der Waals surface area contributed by atoms with Crippen LogP contribution in [0.3, 0.4) is 0 Å². The van der Waals surface area contributed by atoms with Crippen molar-refractivity contribution in [2.75, 3.05) is 20.6 Å². The molecular formula is C12H25N3O3. The fourth-order valence-electron chi connectivity index (χ4n) is 1.26. The zero-order valence-corrected chi connectivity index (χ0v) is 11.9. The molecule has 0 spiro atoms. The summed E-state index contributed by atoms with van der Waals surface area (Å²) in [5.41, 5.74) is -0.524. The van der Waals surface area contributed by atoms with E-state index in [4.69, 9.17) is 5.11 Å². The summed E-state index contributed by atoms with van der Waals surface area (Å²) in [7, 11) is 3.89. The molecule has 0 aromatic heterocycles. The standard InChI is InChI=1S/C12H25N3O3/c1-9(15(4)5)8-13-11(18)14-12(2,3)7-6-10(16)17/h9H,6-8H2,1-5H3,(H,16,17)(H2,13,14,18). The number of carbonyl (C=O) groups is 2. The lowest BCUT2D eigenvalue weighted by molar-refractivity contribution is -0.137. The number of aliphatic carboxylic acids is 1. The molecule has 2 amide bonds. The van der Waals surface area contributed by atoms with Crippen LogP contribution in [0, 0.1) is 0 Å². The van der Waals surface area contributed by atoms with Crippen LogP contribution in [-0.2, 0) is 4.79 Å². The van der Waals surface area contributed by atoms with Crippen molar-refractivity contribution < 1.29 is 14.7 Å². The SMILES string of the molecule is CC(CNC(=O)NC(C)(C)CCC(=O)O)N(C)C. The first-order valence-electron chi connectivity index (χ1n) is 6.08. The van der Waals surface area contributed by atoms with Crippen molar-refractivity contribution in [2.24, 2.45) is 0 Å². The third kappa shape index (κ3) is 7.89. The van der Waals surface area contributed by atoms with Crippen molar-refractivity contribution >= 4 is 12.0 Å². The fourth-order valence-corrected chi connectivity index (χ4v) is 1.26. The number of carboxylic acids is 1. The predicted octanol–water partition coefficient (Wildman–Crippen LogP) is 0.879. The molecule has 1 unspecified atom stereocenters. The van der Waals surface area contributed by atoms with Crippen LogP contribution in [0.2, 0.25) is 0 Å². The molecule has 3 N–H and O–H groups in total. The van der Waals surface area contributed by atoms with Gasteiger partial charge in [0.15, 0.2) is 0 Å². The van der Waals surface area contributed by atoms with Gasteiger partial charge in [0, 0.05) is 24.5 Å². The number of amides is 2. The maximum absolute atomic E-state index is 11.6. The molecule has 0 saturated heterocycles. The predicted molar refractivity (Wildman–Crippen MR) is 70.6 cm³/mol. The van der Waals surface area contributed by atoms with Gasteiger partial charge < -0.3 is 20.6 Å². The van der Waals surface area contributed by atoms with Crippen LogP contribution < -0.4 is 10.6 Å². The average molecular weight is 259 g/mol. The number of rotatable bonds is 7. The summed E-state index contributed by atoms with van der Waals surface area (Å²) in [4.78, 5) is 24.1. The molecule has 0 aliphatic heterocycles. The zero-order chi connectivity index (χ0) is 14.3. The van der Waals surface area contributed by atoms with Crippen LogP contribution in [0.5, 0.6) is 0 Å². The Bertz CT molecular complexity index is 290. The Morgan fingerprint density at radius 3 is 2.33 bits per heavy atom. The molecule has 0 aromatic rings. The number of urea groups is 1. The van der Waals surface area contributed by atoms with E-state index in [0.717, 1.165) is 0 Å². The van der Waals surface area contributed by atoms with E-state index in [2.05, 4.69) is 10.6 Å². The van der Waals surface area contributed by atoms with Crippen LogP contribution in [0.25, 0.3) is 0 Å². The molecular weight excluding hydrogens is 234 g/mol. The van der Waals surface area contributed by atoms with Gasteiger partial charge in [0.05, 0.1) is 0 Å². The zero-order valence-electron chi connectivity index (χ0n) is 11.9. The van der Waals surface area contributed by atoms with Gasteiger partial charge in [-0.2, -0.15) is 0 Å². The molecule has 0 aromatic carbocycles. The van der Waals surface area contributed by atoms with E-state index in [9.17, 15) is 9.59 Å². The van der Waals surface area contributed by atoms with E-state index in [-0.39, 0.29) is 18.5 Å². The van der Waals surface area contributed by atoms with Gasteiger partial charge in [0.2, 0.25) is 0 Å². The molecule has 0 aliphatic carbocycles. The normalized spacial score (nSPS) is 13.2. The number of nitrogens with zero attached hydrogens (tertiary/aromatic N) is 1. The third-order valence-corrected chi connectivity index (χ3v) is 2.86. The van der Waals surface area contributed by atoms with Crippen molar-refractivity contribution in [2.45, 2.75) is 45.2 Å². The first kappa shape index (κ1) is 16.7. The summed E-state index contributed by atoms with van der Waals surface area (Å²) in [6.45, 7) is 6.18. The first-order chi connectivity index (χ1) is 8.14. The van der Waals surface area contributed by atoms with Gasteiger partial charge in [-0.3, -0.25) is 4.79 Å². The minimum Gasteiger partial charge on any atom is -0.481 e. The highest BCUT2D eigenvalue weighted by Gasteiger charge is 2.21. The summed E-state index contributed by atoms with van der Waals surface area (Å²) >= 11 is 0. The minimum absolute atomic E-state index is 0.0430. The number of likely N-dealkylation sites (N-methyl/N-ethyl adjacent to an activating group) is 1.